The van der Waals surface area contributed by atoms with Crippen molar-refractivity contribution in [1.82, 2.24) is 9.55 Å². The maximum atomic E-state index is 12.2. The number of hydrogen-bond acceptors (Lipinski definition) is 3. The molecule has 4 nitrogen and oxygen atoms in total. The van der Waals surface area contributed by atoms with Gasteiger partial charge in [0.2, 0.25) is 0 Å². The number of hydrogen-bond donors (Lipinski definition) is 1. The molecule has 0 spiro atoms. The minimum Gasteiger partial charge on any atom is -0.363 e. The van der Waals surface area contributed by atoms with Gasteiger partial charge in [-0.25, -0.2) is 4.98 Å². The van der Waals surface area contributed by atoms with Crippen LogP contribution in [0.5, 0.6) is 0 Å². The molecule has 0 radical (unpaired) electrons. The molecule has 1 heterocycles. The molecule has 0 aromatic carbocycles. The van der Waals surface area contributed by atoms with Crippen molar-refractivity contribution >= 4 is 5.82 Å². The van der Waals surface area contributed by atoms with E-state index < -0.39 is 24.2 Å². The standard InChI is InChI=1S/C11H16F3N3O/c1-3-5-17-6-4-15-9(10(17)18)16-8(2)7-11(12,13)14/h4,6,8H,3,5,7H2,1-2H3,(H,15,16). The van der Waals surface area contributed by atoms with E-state index in [0.29, 0.717) is 6.54 Å². The lowest BCUT2D eigenvalue weighted by atomic mass is 10.2. The molecule has 1 aromatic heterocycles. The summed E-state index contributed by atoms with van der Waals surface area (Å²) in [6.45, 7) is 3.79. The van der Waals surface area contributed by atoms with Gasteiger partial charge in [-0.05, 0) is 13.3 Å². The topological polar surface area (TPSA) is 46.9 Å². The normalized spacial score (nSPS) is 13.4. The number of nitrogens with zero attached hydrogens (tertiary/aromatic N) is 2. The highest BCUT2D eigenvalue weighted by molar-refractivity contribution is 5.31. The van der Waals surface area contributed by atoms with Gasteiger partial charge < -0.3 is 9.88 Å². The van der Waals surface area contributed by atoms with Crippen LogP contribution >= 0.6 is 0 Å². The van der Waals surface area contributed by atoms with E-state index in [2.05, 4.69) is 10.3 Å². The number of aryl methyl sites for hydroxylation is 1. The summed E-state index contributed by atoms with van der Waals surface area (Å²) in [7, 11) is 0. The zero-order chi connectivity index (χ0) is 13.8. The van der Waals surface area contributed by atoms with Crippen LogP contribution in [0.15, 0.2) is 17.2 Å². The molecule has 0 aliphatic heterocycles. The average molecular weight is 263 g/mol. The van der Waals surface area contributed by atoms with E-state index in [9.17, 15) is 18.0 Å². The van der Waals surface area contributed by atoms with Crippen LogP contribution in [-0.2, 0) is 6.54 Å². The van der Waals surface area contributed by atoms with Gasteiger partial charge in [0.1, 0.15) is 0 Å². The second kappa shape index (κ2) is 5.88. The van der Waals surface area contributed by atoms with E-state index >= 15 is 0 Å². The van der Waals surface area contributed by atoms with E-state index in [1.807, 2.05) is 6.92 Å². The quantitative estimate of drug-likeness (QED) is 0.887. The van der Waals surface area contributed by atoms with Crippen molar-refractivity contribution in [3.05, 3.63) is 22.7 Å². The van der Waals surface area contributed by atoms with Gasteiger partial charge in [-0.1, -0.05) is 6.92 Å². The fourth-order valence-electron chi connectivity index (χ4n) is 1.59. The van der Waals surface area contributed by atoms with Gasteiger partial charge in [-0.2, -0.15) is 13.2 Å². The SMILES string of the molecule is CCCn1ccnc(NC(C)CC(F)(F)F)c1=O. The zero-order valence-corrected chi connectivity index (χ0v) is 10.3. The van der Waals surface area contributed by atoms with Crippen LogP contribution < -0.4 is 10.9 Å². The molecule has 0 amide bonds. The lowest BCUT2D eigenvalue weighted by Crippen LogP contribution is -2.30. The molecule has 102 valence electrons. The van der Waals surface area contributed by atoms with Crippen molar-refractivity contribution in [1.29, 1.82) is 0 Å². The molecule has 0 aliphatic carbocycles. The molecule has 0 saturated heterocycles. The Balaban J connectivity index is 2.79. The zero-order valence-electron chi connectivity index (χ0n) is 10.3. The first-order valence-corrected chi connectivity index (χ1v) is 5.72. The number of halogens is 3. The predicted molar refractivity (Wildman–Crippen MR) is 62.5 cm³/mol. The van der Waals surface area contributed by atoms with Crippen LogP contribution in [0.4, 0.5) is 19.0 Å². The largest absolute Gasteiger partial charge is 0.391 e. The minimum atomic E-state index is -4.26. The van der Waals surface area contributed by atoms with E-state index in [1.54, 1.807) is 0 Å². The summed E-state index contributed by atoms with van der Waals surface area (Å²) in [5.41, 5.74) is -0.395. The van der Waals surface area contributed by atoms with E-state index in [-0.39, 0.29) is 5.82 Å². The summed E-state index contributed by atoms with van der Waals surface area (Å²) >= 11 is 0. The molecule has 7 heteroatoms. The van der Waals surface area contributed by atoms with Gasteiger partial charge in [0.15, 0.2) is 5.82 Å². The Bertz CT molecular complexity index is 442. The van der Waals surface area contributed by atoms with Crippen molar-refractivity contribution < 1.29 is 13.2 Å². The summed E-state index contributed by atoms with van der Waals surface area (Å²) in [5.74, 6) is -0.0392. The van der Waals surface area contributed by atoms with Gasteiger partial charge in [0.25, 0.3) is 5.56 Å². The molecule has 1 rings (SSSR count). The van der Waals surface area contributed by atoms with Gasteiger partial charge in [-0.3, -0.25) is 4.79 Å². The van der Waals surface area contributed by atoms with E-state index in [4.69, 9.17) is 0 Å². The van der Waals surface area contributed by atoms with Gasteiger partial charge >= 0.3 is 6.18 Å². The highest BCUT2D eigenvalue weighted by atomic mass is 19.4. The molecule has 0 aliphatic rings. The molecular weight excluding hydrogens is 247 g/mol. The number of anilines is 1. The highest BCUT2D eigenvalue weighted by Crippen LogP contribution is 2.22. The average Bonchev–Trinajstić information content (AvgIpc) is 2.21. The monoisotopic (exact) mass is 263 g/mol. The van der Waals surface area contributed by atoms with Gasteiger partial charge in [0.05, 0.1) is 6.42 Å². The van der Waals surface area contributed by atoms with Crippen LogP contribution in [0, 0.1) is 0 Å². The Kier molecular flexibility index (Phi) is 4.75. The third-order valence-electron chi connectivity index (χ3n) is 2.30. The predicted octanol–water partition coefficient (Wildman–Crippen LogP) is 2.41. The lowest BCUT2D eigenvalue weighted by molar-refractivity contribution is -0.136. The molecule has 1 N–H and O–H groups in total. The molecule has 0 bridgehead atoms. The fraction of sp³-hybridized carbons (Fsp3) is 0.636. The summed E-state index contributed by atoms with van der Waals surface area (Å²) in [6, 6.07) is -0.886. The van der Waals surface area contributed by atoms with Crippen LogP contribution in [0.3, 0.4) is 0 Å². The summed E-state index contributed by atoms with van der Waals surface area (Å²) < 4.78 is 37.9. The Morgan fingerprint density at radius 2 is 2.17 bits per heavy atom. The smallest absolute Gasteiger partial charge is 0.363 e. The van der Waals surface area contributed by atoms with Crippen molar-refractivity contribution in [2.24, 2.45) is 0 Å². The van der Waals surface area contributed by atoms with Gasteiger partial charge in [0, 0.05) is 25.0 Å². The molecular formula is C11H16F3N3O. The Labute approximate surface area is 103 Å². The number of alkyl halides is 3. The summed E-state index contributed by atoms with van der Waals surface area (Å²) in [5, 5.41) is 2.50. The Morgan fingerprint density at radius 3 is 2.72 bits per heavy atom. The molecule has 1 unspecified atom stereocenters. The minimum absolute atomic E-state index is 0.0392. The lowest BCUT2D eigenvalue weighted by Gasteiger charge is -2.16. The highest BCUT2D eigenvalue weighted by Gasteiger charge is 2.30. The van der Waals surface area contributed by atoms with Crippen LogP contribution in [0.25, 0.3) is 0 Å². The summed E-state index contributed by atoms with van der Waals surface area (Å²) in [4.78, 5) is 15.6. The van der Waals surface area contributed by atoms with E-state index in [1.165, 1.54) is 23.9 Å². The first kappa shape index (κ1) is 14.5. The third-order valence-corrected chi connectivity index (χ3v) is 2.30. The second-order valence-corrected chi connectivity index (χ2v) is 4.14. The van der Waals surface area contributed by atoms with Crippen molar-refractivity contribution in [3.63, 3.8) is 0 Å². The number of nitrogens with one attached hydrogen (secondary N) is 1. The first-order valence-electron chi connectivity index (χ1n) is 5.72. The fourth-order valence-corrected chi connectivity index (χ4v) is 1.59. The summed E-state index contributed by atoms with van der Waals surface area (Å²) in [6.07, 6.45) is -1.58. The maximum absolute atomic E-state index is 12.2. The maximum Gasteiger partial charge on any atom is 0.391 e. The van der Waals surface area contributed by atoms with E-state index in [0.717, 1.165) is 6.42 Å². The number of rotatable bonds is 5. The van der Waals surface area contributed by atoms with Crippen LogP contribution in [0.2, 0.25) is 0 Å². The van der Waals surface area contributed by atoms with Gasteiger partial charge in [-0.15, -0.1) is 0 Å². The van der Waals surface area contributed by atoms with Crippen LogP contribution in [-0.4, -0.2) is 21.8 Å². The second-order valence-electron chi connectivity index (χ2n) is 4.14. The van der Waals surface area contributed by atoms with Crippen molar-refractivity contribution in [3.8, 4) is 0 Å². The Hall–Kier alpha value is -1.53. The first-order chi connectivity index (χ1) is 8.33. The Morgan fingerprint density at radius 1 is 1.50 bits per heavy atom. The third kappa shape index (κ3) is 4.38. The van der Waals surface area contributed by atoms with Crippen molar-refractivity contribution in [2.75, 3.05) is 5.32 Å². The molecule has 0 fully saturated rings. The molecule has 0 saturated carbocycles. The number of aromatic nitrogens is 2. The molecule has 1 atom stereocenters. The molecule has 18 heavy (non-hydrogen) atoms. The van der Waals surface area contributed by atoms with Crippen LogP contribution in [0.1, 0.15) is 26.7 Å². The van der Waals surface area contributed by atoms with Crippen molar-refractivity contribution in [2.45, 2.75) is 45.5 Å². The molecule has 1 aromatic rings.